The Kier molecular flexibility index (Phi) is 3.68. The molecule has 2 fully saturated rings. The average Bonchev–Trinajstić information content (AvgIpc) is 2.59. The van der Waals surface area contributed by atoms with Crippen molar-refractivity contribution in [2.45, 2.75) is 18.9 Å². The third-order valence-corrected chi connectivity index (χ3v) is 3.16. The normalized spacial score (nSPS) is 23.6. The molecule has 0 aliphatic carbocycles. The summed E-state index contributed by atoms with van der Waals surface area (Å²) in [7, 11) is 1.51. The molecule has 2 aliphatic heterocycles. The minimum atomic E-state index is -0.461. The van der Waals surface area contributed by atoms with Crippen LogP contribution >= 0.6 is 0 Å². The molecular formula is C11H16N4O4. The van der Waals surface area contributed by atoms with E-state index in [2.05, 4.69) is 10.6 Å². The highest BCUT2D eigenvalue weighted by Crippen LogP contribution is 2.08. The second kappa shape index (κ2) is 5.25. The van der Waals surface area contributed by atoms with E-state index in [1.165, 1.54) is 11.9 Å². The zero-order valence-electron chi connectivity index (χ0n) is 10.6. The molecule has 2 heterocycles. The standard InChI is InChI=1S/C11H16N4O4/c1-14-6-10(18)15(11(14)19)5-9(17)13-7-2-3-8(16)12-4-7/h7H,2-6H2,1H3,(H,12,16)(H,13,17). The molecule has 5 amide bonds. The Bertz CT molecular complexity index is 426. The number of likely N-dealkylation sites (N-methyl/N-ethyl adjacent to an activating group) is 1. The molecule has 0 spiro atoms. The Labute approximate surface area is 110 Å². The topological polar surface area (TPSA) is 98.8 Å². The number of rotatable bonds is 3. The molecule has 104 valence electrons. The van der Waals surface area contributed by atoms with Crippen LogP contribution in [0.5, 0.6) is 0 Å². The molecule has 0 bridgehead atoms. The van der Waals surface area contributed by atoms with Crippen LogP contribution in [-0.4, -0.2) is 66.3 Å². The van der Waals surface area contributed by atoms with Gasteiger partial charge in [-0.25, -0.2) is 4.79 Å². The van der Waals surface area contributed by atoms with Crippen LogP contribution in [0.3, 0.4) is 0 Å². The van der Waals surface area contributed by atoms with Gasteiger partial charge in [0.25, 0.3) is 5.91 Å². The van der Waals surface area contributed by atoms with Crippen molar-refractivity contribution < 1.29 is 19.2 Å². The van der Waals surface area contributed by atoms with E-state index in [-0.39, 0.29) is 30.9 Å². The first kappa shape index (κ1) is 13.3. The zero-order valence-corrected chi connectivity index (χ0v) is 10.6. The van der Waals surface area contributed by atoms with Gasteiger partial charge in [0, 0.05) is 26.1 Å². The number of nitrogens with zero attached hydrogens (tertiary/aromatic N) is 2. The monoisotopic (exact) mass is 268 g/mol. The summed E-state index contributed by atoms with van der Waals surface area (Å²) in [6.07, 6.45) is 0.939. The van der Waals surface area contributed by atoms with Crippen LogP contribution in [0, 0.1) is 0 Å². The summed E-state index contributed by atoms with van der Waals surface area (Å²) in [4.78, 5) is 48.0. The molecular weight excluding hydrogens is 252 g/mol. The van der Waals surface area contributed by atoms with Crippen LogP contribution in [-0.2, 0) is 14.4 Å². The minimum Gasteiger partial charge on any atom is -0.354 e. The van der Waals surface area contributed by atoms with E-state index in [1.807, 2.05) is 0 Å². The van der Waals surface area contributed by atoms with Gasteiger partial charge in [-0.05, 0) is 6.42 Å². The molecule has 8 nitrogen and oxygen atoms in total. The van der Waals surface area contributed by atoms with Crippen molar-refractivity contribution >= 4 is 23.8 Å². The van der Waals surface area contributed by atoms with Gasteiger partial charge in [0.2, 0.25) is 11.8 Å². The highest BCUT2D eigenvalue weighted by molar-refractivity contribution is 6.04. The SMILES string of the molecule is CN1CC(=O)N(CC(=O)NC2CCC(=O)NC2)C1=O. The maximum absolute atomic E-state index is 11.8. The summed E-state index contributed by atoms with van der Waals surface area (Å²) < 4.78 is 0. The van der Waals surface area contributed by atoms with E-state index in [1.54, 1.807) is 0 Å². The fraction of sp³-hybridized carbons (Fsp3) is 0.636. The third kappa shape index (κ3) is 3.01. The van der Waals surface area contributed by atoms with E-state index in [0.717, 1.165) is 4.90 Å². The lowest BCUT2D eigenvalue weighted by atomic mass is 10.1. The predicted octanol–water partition coefficient (Wildman–Crippen LogP) is -1.72. The van der Waals surface area contributed by atoms with Gasteiger partial charge in [-0.3, -0.25) is 19.3 Å². The molecule has 2 rings (SSSR count). The lowest BCUT2D eigenvalue weighted by molar-refractivity contribution is -0.131. The molecule has 8 heteroatoms. The summed E-state index contributed by atoms with van der Waals surface area (Å²) >= 11 is 0. The number of carbonyl (C=O) groups excluding carboxylic acids is 4. The second-order valence-corrected chi connectivity index (χ2v) is 4.73. The maximum atomic E-state index is 11.8. The van der Waals surface area contributed by atoms with Crippen molar-refractivity contribution in [1.82, 2.24) is 20.4 Å². The first-order valence-electron chi connectivity index (χ1n) is 6.09. The number of hydrogen-bond donors (Lipinski definition) is 2. The Hall–Kier alpha value is -2.12. The van der Waals surface area contributed by atoms with Crippen molar-refractivity contribution in [3.8, 4) is 0 Å². The predicted molar refractivity (Wildman–Crippen MR) is 63.9 cm³/mol. The third-order valence-electron chi connectivity index (χ3n) is 3.16. The highest BCUT2D eigenvalue weighted by atomic mass is 16.2. The van der Waals surface area contributed by atoms with Crippen molar-refractivity contribution in [3.63, 3.8) is 0 Å². The van der Waals surface area contributed by atoms with Crippen LogP contribution in [0.15, 0.2) is 0 Å². The number of imide groups is 1. The summed E-state index contributed by atoms with van der Waals surface area (Å²) in [6.45, 7) is 0.115. The summed E-state index contributed by atoms with van der Waals surface area (Å²) in [6, 6.07) is -0.604. The first-order chi connectivity index (χ1) is 8.97. The molecule has 2 aliphatic rings. The molecule has 1 atom stereocenters. The minimum absolute atomic E-state index is 0.00555. The van der Waals surface area contributed by atoms with Gasteiger partial charge in [0.15, 0.2) is 0 Å². The smallest absolute Gasteiger partial charge is 0.327 e. The average molecular weight is 268 g/mol. The Morgan fingerprint density at radius 3 is 2.68 bits per heavy atom. The van der Waals surface area contributed by atoms with Gasteiger partial charge in [0.1, 0.15) is 13.1 Å². The van der Waals surface area contributed by atoms with Crippen LogP contribution < -0.4 is 10.6 Å². The van der Waals surface area contributed by atoms with Gasteiger partial charge in [-0.15, -0.1) is 0 Å². The van der Waals surface area contributed by atoms with Crippen molar-refractivity contribution in [1.29, 1.82) is 0 Å². The van der Waals surface area contributed by atoms with Crippen molar-refractivity contribution in [3.05, 3.63) is 0 Å². The highest BCUT2D eigenvalue weighted by Gasteiger charge is 2.35. The Balaban J connectivity index is 1.83. The van der Waals surface area contributed by atoms with E-state index in [4.69, 9.17) is 0 Å². The van der Waals surface area contributed by atoms with Crippen molar-refractivity contribution in [2.24, 2.45) is 0 Å². The second-order valence-electron chi connectivity index (χ2n) is 4.73. The first-order valence-corrected chi connectivity index (χ1v) is 6.09. The van der Waals surface area contributed by atoms with Crippen LogP contribution in [0.25, 0.3) is 0 Å². The number of carbonyl (C=O) groups is 4. The quantitative estimate of drug-likeness (QED) is 0.594. The molecule has 0 aromatic heterocycles. The maximum Gasteiger partial charge on any atom is 0.327 e. The van der Waals surface area contributed by atoms with E-state index >= 15 is 0 Å². The van der Waals surface area contributed by atoms with E-state index in [9.17, 15) is 19.2 Å². The number of urea groups is 1. The van der Waals surface area contributed by atoms with E-state index < -0.39 is 11.9 Å². The lowest BCUT2D eigenvalue weighted by Gasteiger charge is -2.24. The van der Waals surface area contributed by atoms with Crippen LogP contribution in [0.4, 0.5) is 4.79 Å². The van der Waals surface area contributed by atoms with Crippen LogP contribution in [0.1, 0.15) is 12.8 Å². The van der Waals surface area contributed by atoms with Gasteiger partial charge in [-0.2, -0.15) is 0 Å². The zero-order chi connectivity index (χ0) is 14.0. The summed E-state index contributed by atoms with van der Waals surface area (Å²) in [5.74, 6) is -0.797. The molecule has 19 heavy (non-hydrogen) atoms. The summed E-state index contributed by atoms with van der Waals surface area (Å²) in [5.41, 5.74) is 0. The van der Waals surface area contributed by atoms with Gasteiger partial charge < -0.3 is 15.5 Å². The summed E-state index contributed by atoms with van der Waals surface area (Å²) in [5, 5.41) is 5.35. The fourth-order valence-corrected chi connectivity index (χ4v) is 2.10. The lowest BCUT2D eigenvalue weighted by Crippen LogP contribution is -2.50. The molecule has 2 saturated heterocycles. The largest absolute Gasteiger partial charge is 0.354 e. The van der Waals surface area contributed by atoms with Crippen LogP contribution in [0.2, 0.25) is 0 Å². The van der Waals surface area contributed by atoms with Crippen molar-refractivity contribution in [2.75, 3.05) is 26.7 Å². The van der Waals surface area contributed by atoms with E-state index in [0.29, 0.717) is 19.4 Å². The number of amides is 5. The molecule has 0 radical (unpaired) electrons. The molecule has 2 N–H and O–H groups in total. The van der Waals surface area contributed by atoms with Gasteiger partial charge in [-0.1, -0.05) is 0 Å². The van der Waals surface area contributed by atoms with Gasteiger partial charge >= 0.3 is 6.03 Å². The molecule has 0 saturated carbocycles. The number of nitrogens with one attached hydrogen (secondary N) is 2. The number of hydrogen-bond acceptors (Lipinski definition) is 4. The molecule has 1 unspecified atom stereocenters. The Morgan fingerprint density at radius 2 is 2.16 bits per heavy atom. The number of piperidine rings is 1. The molecule has 0 aromatic carbocycles. The van der Waals surface area contributed by atoms with Gasteiger partial charge in [0.05, 0.1) is 0 Å². The Morgan fingerprint density at radius 1 is 1.42 bits per heavy atom. The molecule has 0 aromatic rings. The fourth-order valence-electron chi connectivity index (χ4n) is 2.10.